The van der Waals surface area contributed by atoms with Crippen molar-refractivity contribution in [3.05, 3.63) is 46.6 Å². The molecule has 0 unspecified atom stereocenters. The van der Waals surface area contributed by atoms with Gasteiger partial charge in [0.25, 0.3) is 5.91 Å². The zero-order valence-corrected chi connectivity index (χ0v) is 10.9. The molecular weight excluding hydrogens is 266 g/mol. The van der Waals surface area contributed by atoms with Gasteiger partial charge in [0.1, 0.15) is 5.56 Å². The molecule has 2 heterocycles. The molecule has 0 spiro atoms. The number of esters is 1. The van der Waals surface area contributed by atoms with Crippen molar-refractivity contribution >= 4 is 23.5 Å². The zero-order chi connectivity index (χ0) is 13.6. The molecule has 0 N–H and O–H groups in total. The number of rotatable bonds is 2. The third-order valence-electron chi connectivity index (χ3n) is 3.07. The van der Waals surface area contributed by atoms with Gasteiger partial charge in [-0.3, -0.25) is 9.36 Å². The molecule has 0 atom stereocenters. The Morgan fingerprint density at radius 3 is 2.68 bits per heavy atom. The molecule has 4 nitrogen and oxygen atoms in total. The topological polar surface area (TPSA) is 48.3 Å². The lowest BCUT2D eigenvalue weighted by atomic mass is 10.0. The van der Waals surface area contributed by atoms with Crippen molar-refractivity contribution in [3.63, 3.8) is 0 Å². The minimum Gasteiger partial charge on any atom is -0.462 e. The quantitative estimate of drug-likeness (QED) is 0.676. The number of aromatic nitrogens is 1. The van der Waals surface area contributed by atoms with Gasteiger partial charge in [0.15, 0.2) is 0 Å². The molecule has 0 amide bonds. The van der Waals surface area contributed by atoms with E-state index in [0.29, 0.717) is 16.8 Å². The SMILES string of the molecule is CCOC(=O)c1c(Cl)cn2c1-c1ccccc1C2=O. The summed E-state index contributed by atoms with van der Waals surface area (Å²) in [5.41, 5.74) is 2.05. The second kappa shape index (κ2) is 4.24. The van der Waals surface area contributed by atoms with Gasteiger partial charge in [0, 0.05) is 17.3 Å². The van der Waals surface area contributed by atoms with E-state index in [4.69, 9.17) is 16.3 Å². The van der Waals surface area contributed by atoms with Crippen LogP contribution in [0.25, 0.3) is 11.3 Å². The first-order chi connectivity index (χ1) is 9.15. The van der Waals surface area contributed by atoms with Crippen molar-refractivity contribution in [3.8, 4) is 11.3 Å². The maximum atomic E-state index is 12.2. The van der Waals surface area contributed by atoms with E-state index < -0.39 is 5.97 Å². The van der Waals surface area contributed by atoms with Gasteiger partial charge in [-0.2, -0.15) is 0 Å². The van der Waals surface area contributed by atoms with Crippen molar-refractivity contribution < 1.29 is 14.3 Å². The molecule has 0 fully saturated rings. The molecule has 3 rings (SSSR count). The largest absolute Gasteiger partial charge is 0.462 e. The third kappa shape index (κ3) is 1.60. The van der Waals surface area contributed by atoms with Crippen LogP contribution in [-0.2, 0) is 4.74 Å². The molecular formula is C14H10ClNO3. The van der Waals surface area contributed by atoms with Crippen LogP contribution in [0.4, 0.5) is 0 Å². The number of carbonyl (C=O) groups excluding carboxylic acids is 2. The number of halogens is 1. The Morgan fingerprint density at radius 2 is 2.00 bits per heavy atom. The number of nitrogens with zero attached hydrogens (tertiary/aromatic N) is 1. The molecule has 0 bridgehead atoms. The summed E-state index contributed by atoms with van der Waals surface area (Å²) in [6.45, 7) is 1.98. The van der Waals surface area contributed by atoms with Crippen LogP contribution in [0.5, 0.6) is 0 Å². The van der Waals surface area contributed by atoms with E-state index in [9.17, 15) is 9.59 Å². The van der Waals surface area contributed by atoms with Gasteiger partial charge in [-0.05, 0) is 13.0 Å². The fourth-order valence-corrected chi connectivity index (χ4v) is 2.57. The summed E-state index contributed by atoms with van der Waals surface area (Å²) in [5, 5.41) is 0.233. The van der Waals surface area contributed by atoms with Crippen LogP contribution in [0.3, 0.4) is 0 Å². The van der Waals surface area contributed by atoms with Crippen molar-refractivity contribution in [2.45, 2.75) is 6.92 Å². The summed E-state index contributed by atoms with van der Waals surface area (Å²) in [6.07, 6.45) is 1.46. The number of hydrogen-bond donors (Lipinski definition) is 0. The number of ether oxygens (including phenoxy) is 1. The molecule has 0 saturated carbocycles. The highest BCUT2D eigenvalue weighted by molar-refractivity contribution is 6.35. The molecule has 1 aliphatic rings. The molecule has 96 valence electrons. The van der Waals surface area contributed by atoms with Gasteiger partial charge >= 0.3 is 5.97 Å². The number of fused-ring (bicyclic) bond motifs is 3. The predicted molar refractivity (Wildman–Crippen MR) is 70.6 cm³/mol. The molecule has 1 aliphatic heterocycles. The number of benzene rings is 1. The van der Waals surface area contributed by atoms with Gasteiger partial charge in [0.2, 0.25) is 0 Å². The molecule has 0 aliphatic carbocycles. The Hall–Kier alpha value is -2.07. The monoisotopic (exact) mass is 275 g/mol. The highest BCUT2D eigenvalue weighted by atomic mass is 35.5. The average Bonchev–Trinajstić information content (AvgIpc) is 2.87. The van der Waals surface area contributed by atoms with E-state index in [2.05, 4.69) is 0 Å². The molecule has 1 aromatic carbocycles. The standard InChI is InChI=1S/C14H10ClNO3/c1-2-19-14(18)11-10(15)7-16-12(11)8-5-3-4-6-9(8)13(16)17/h3-7H,2H2,1H3. The van der Waals surface area contributed by atoms with Crippen LogP contribution in [0.2, 0.25) is 5.02 Å². The lowest BCUT2D eigenvalue weighted by Gasteiger charge is -2.03. The second-order valence-electron chi connectivity index (χ2n) is 4.14. The van der Waals surface area contributed by atoms with Crippen LogP contribution in [0, 0.1) is 0 Å². The average molecular weight is 276 g/mol. The lowest BCUT2D eigenvalue weighted by molar-refractivity contribution is 0.0527. The van der Waals surface area contributed by atoms with Crippen molar-refractivity contribution in [2.24, 2.45) is 0 Å². The molecule has 5 heteroatoms. The Labute approximate surface area is 114 Å². The van der Waals surface area contributed by atoms with Gasteiger partial charge in [-0.1, -0.05) is 29.8 Å². The summed E-state index contributed by atoms with van der Waals surface area (Å²) in [6, 6.07) is 7.13. The summed E-state index contributed by atoms with van der Waals surface area (Å²) < 4.78 is 6.40. The highest BCUT2D eigenvalue weighted by Crippen LogP contribution is 2.39. The first-order valence-electron chi connectivity index (χ1n) is 5.87. The van der Waals surface area contributed by atoms with Crippen molar-refractivity contribution in [1.29, 1.82) is 0 Å². The van der Waals surface area contributed by atoms with Crippen LogP contribution in [-0.4, -0.2) is 23.1 Å². The molecule has 1 aromatic heterocycles. The maximum Gasteiger partial charge on any atom is 0.341 e. The van der Waals surface area contributed by atoms with E-state index >= 15 is 0 Å². The third-order valence-corrected chi connectivity index (χ3v) is 3.36. The fourth-order valence-electron chi connectivity index (χ4n) is 2.30. The van der Waals surface area contributed by atoms with Gasteiger partial charge < -0.3 is 4.74 Å². The van der Waals surface area contributed by atoms with E-state index in [-0.39, 0.29) is 23.1 Å². The Morgan fingerprint density at radius 1 is 1.32 bits per heavy atom. The normalized spacial score (nSPS) is 12.2. The molecule has 19 heavy (non-hydrogen) atoms. The van der Waals surface area contributed by atoms with E-state index in [1.54, 1.807) is 25.1 Å². The van der Waals surface area contributed by atoms with Crippen LogP contribution < -0.4 is 0 Å². The Bertz CT molecular complexity index is 703. The first kappa shape index (κ1) is 12.0. The second-order valence-corrected chi connectivity index (χ2v) is 4.55. The summed E-state index contributed by atoms with van der Waals surface area (Å²) in [5.74, 6) is -0.686. The van der Waals surface area contributed by atoms with Gasteiger partial charge in [-0.15, -0.1) is 0 Å². The fraction of sp³-hybridized carbons (Fsp3) is 0.143. The molecule has 0 radical (unpaired) electrons. The van der Waals surface area contributed by atoms with E-state index in [0.717, 1.165) is 0 Å². The van der Waals surface area contributed by atoms with Crippen LogP contribution in [0.15, 0.2) is 30.5 Å². The van der Waals surface area contributed by atoms with Gasteiger partial charge in [-0.25, -0.2) is 4.79 Å². The van der Waals surface area contributed by atoms with Gasteiger partial charge in [0.05, 0.1) is 17.3 Å². The molecule has 2 aromatic rings. The smallest absolute Gasteiger partial charge is 0.341 e. The summed E-state index contributed by atoms with van der Waals surface area (Å²) in [4.78, 5) is 24.2. The van der Waals surface area contributed by atoms with Crippen LogP contribution >= 0.6 is 11.6 Å². The lowest BCUT2D eigenvalue weighted by Crippen LogP contribution is -2.06. The molecule has 0 saturated heterocycles. The van der Waals surface area contributed by atoms with Crippen molar-refractivity contribution in [2.75, 3.05) is 6.61 Å². The van der Waals surface area contributed by atoms with E-state index in [1.807, 2.05) is 6.07 Å². The number of hydrogen-bond acceptors (Lipinski definition) is 3. The number of carbonyl (C=O) groups is 2. The van der Waals surface area contributed by atoms with E-state index in [1.165, 1.54) is 10.8 Å². The Kier molecular flexibility index (Phi) is 2.68. The Balaban J connectivity index is 2.26. The van der Waals surface area contributed by atoms with Crippen molar-refractivity contribution in [1.82, 2.24) is 4.57 Å². The summed E-state index contributed by atoms with van der Waals surface area (Å²) >= 11 is 6.05. The highest BCUT2D eigenvalue weighted by Gasteiger charge is 2.33. The predicted octanol–water partition coefficient (Wildman–Crippen LogP) is 2.99. The van der Waals surface area contributed by atoms with Crippen LogP contribution in [0.1, 0.15) is 27.6 Å². The first-order valence-corrected chi connectivity index (χ1v) is 6.25. The zero-order valence-electron chi connectivity index (χ0n) is 10.1. The minimum absolute atomic E-state index is 0.178. The summed E-state index contributed by atoms with van der Waals surface area (Å²) in [7, 11) is 0. The maximum absolute atomic E-state index is 12.2. The minimum atomic E-state index is -0.509.